The summed E-state index contributed by atoms with van der Waals surface area (Å²) >= 11 is 6.32. The first-order valence-electron chi connectivity index (χ1n) is 9.98. The third-order valence-corrected chi connectivity index (χ3v) is 6.04. The molecule has 1 N–H and O–H groups in total. The third-order valence-electron chi connectivity index (χ3n) is 5.64. The van der Waals surface area contributed by atoms with Crippen LogP contribution in [-0.2, 0) is 9.59 Å². The van der Waals surface area contributed by atoms with Crippen molar-refractivity contribution in [1.82, 2.24) is 0 Å². The molecule has 2 aliphatic rings. The Balaban J connectivity index is 1.73. The summed E-state index contributed by atoms with van der Waals surface area (Å²) in [6.07, 6.45) is 0. The van der Waals surface area contributed by atoms with Crippen LogP contribution in [0.1, 0.15) is 22.7 Å². The van der Waals surface area contributed by atoms with Gasteiger partial charge in [-0.1, -0.05) is 54.1 Å². The first-order valence-corrected chi connectivity index (χ1v) is 10.4. The minimum Gasteiger partial charge on any atom is -0.507 e. The van der Waals surface area contributed by atoms with Crippen molar-refractivity contribution >= 4 is 34.7 Å². The molecule has 0 saturated carbocycles. The molecule has 0 spiro atoms. The maximum absolute atomic E-state index is 13.2. The van der Waals surface area contributed by atoms with Crippen LogP contribution in [0.15, 0.2) is 72.3 Å². The van der Waals surface area contributed by atoms with E-state index in [1.54, 1.807) is 66.7 Å². The maximum Gasteiger partial charge on any atom is 0.300 e. The van der Waals surface area contributed by atoms with E-state index in [9.17, 15) is 14.7 Å². The van der Waals surface area contributed by atoms with E-state index in [4.69, 9.17) is 21.1 Å². The first kappa shape index (κ1) is 20.2. The number of halogens is 1. The molecule has 3 aromatic rings. The number of ketones is 1. The predicted molar refractivity (Wildman–Crippen MR) is 120 cm³/mol. The van der Waals surface area contributed by atoms with Gasteiger partial charge < -0.3 is 14.6 Å². The molecule has 5 rings (SSSR count). The van der Waals surface area contributed by atoms with Gasteiger partial charge in [0.1, 0.15) is 5.76 Å². The zero-order valence-corrected chi connectivity index (χ0v) is 17.8. The van der Waals surface area contributed by atoms with Crippen LogP contribution in [0.5, 0.6) is 11.5 Å². The Morgan fingerprint density at radius 3 is 2.50 bits per heavy atom. The van der Waals surface area contributed by atoms with Gasteiger partial charge in [0, 0.05) is 16.3 Å². The number of hydrogen-bond donors (Lipinski definition) is 1. The number of ether oxygens (including phenoxy) is 2. The van der Waals surface area contributed by atoms with Crippen molar-refractivity contribution in [1.29, 1.82) is 0 Å². The molecule has 1 saturated heterocycles. The van der Waals surface area contributed by atoms with E-state index >= 15 is 0 Å². The topological polar surface area (TPSA) is 76.1 Å². The molecule has 6 nitrogen and oxygen atoms in total. The molecule has 1 atom stereocenters. The molecule has 7 heteroatoms. The molecular formula is C25H18ClNO5. The van der Waals surface area contributed by atoms with Gasteiger partial charge in [0.25, 0.3) is 11.7 Å². The highest BCUT2D eigenvalue weighted by atomic mass is 35.5. The molecular weight excluding hydrogens is 430 g/mol. The maximum atomic E-state index is 13.2. The SMILES string of the molecule is Cc1ccc(N2C(=O)C(=O)C(=C(O)c3ccccc3)[C@@H]2c2ccc3c(c2)OCO3)cc1Cl. The fraction of sp³-hybridized carbons (Fsp3) is 0.120. The normalized spacial score (nSPS) is 18.9. The van der Waals surface area contributed by atoms with E-state index in [2.05, 4.69) is 0 Å². The van der Waals surface area contributed by atoms with E-state index in [0.717, 1.165) is 5.56 Å². The number of rotatable bonds is 3. The number of aliphatic hydroxyl groups is 1. The minimum atomic E-state index is -0.872. The smallest absolute Gasteiger partial charge is 0.300 e. The Morgan fingerprint density at radius 1 is 1.00 bits per heavy atom. The van der Waals surface area contributed by atoms with Crippen LogP contribution >= 0.6 is 11.6 Å². The van der Waals surface area contributed by atoms with Crippen LogP contribution in [0.3, 0.4) is 0 Å². The second kappa shape index (κ2) is 7.73. The lowest BCUT2D eigenvalue weighted by Gasteiger charge is -2.26. The van der Waals surface area contributed by atoms with Crippen LogP contribution < -0.4 is 14.4 Å². The minimum absolute atomic E-state index is 0.00300. The predicted octanol–water partition coefficient (Wildman–Crippen LogP) is 5.00. The van der Waals surface area contributed by atoms with Crippen LogP contribution in [0.4, 0.5) is 5.69 Å². The molecule has 0 unspecified atom stereocenters. The number of benzene rings is 3. The lowest BCUT2D eigenvalue weighted by atomic mass is 9.94. The molecule has 2 heterocycles. The second-order valence-electron chi connectivity index (χ2n) is 7.58. The van der Waals surface area contributed by atoms with Gasteiger partial charge in [0.2, 0.25) is 6.79 Å². The van der Waals surface area contributed by atoms with Gasteiger partial charge in [-0.25, -0.2) is 0 Å². The van der Waals surface area contributed by atoms with E-state index in [1.165, 1.54) is 4.90 Å². The van der Waals surface area contributed by atoms with Gasteiger partial charge in [-0.15, -0.1) is 0 Å². The van der Waals surface area contributed by atoms with Gasteiger partial charge in [-0.3, -0.25) is 14.5 Å². The summed E-state index contributed by atoms with van der Waals surface area (Å²) in [4.78, 5) is 27.7. The summed E-state index contributed by atoms with van der Waals surface area (Å²) in [5.41, 5.74) is 2.34. The molecule has 3 aromatic carbocycles. The number of amides is 1. The van der Waals surface area contributed by atoms with Crippen LogP contribution in [0.2, 0.25) is 5.02 Å². The number of fused-ring (bicyclic) bond motifs is 1. The Morgan fingerprint density at radius 2 is 1.75 bits per heavy atom. The van der Waals surface area contributed by atoms with Crippen LogP contribution in [0.25, 0.3) is 5.76 Å². The number of anilines is 1. The average molecular weight is 448 g/mol. The monoisotopic (exact) mass is 447 g/mol. The van der Waals surface area contributed by atoms with Crippen LogP contribution in [0, 0.1) is 6.92 Å². The molecule has 1 fully saturated rings. The van der Waals surface area contributed by atoms with E-state index in [1.807, 2.05) is 6.92 Å². The number of hydrogen-bond acceptors (Lipinski definition) is 5. The van der Waals surface area contributed by atoms with E-state index in [0.29, 0.717) is 33.3 Å². The van der Waals surface area contributed by atoms with Crippen molar-refractivity contribution in [3.8, 4) is 11.5 Å². The average Bonchev–Trinajstić information content (AvgIpc) is 3.38. The molecule has 0 radical (unpaired) electrons. The summed E-state index contributed by atoms with van der Waals surface area (Å²) in [5.74, 6) is -0.676. The van der Waals surface area contributed by atoms with Gasteiger partial charge in [0.05, 0.1) is 11.6 Å². The van der Waals surface area contributed by atoms with Gasteiger partial charge in [0.15, 0.2) is 11.5 Å². The number of Topliss-reactive ketones (excluding diaryl/α,β-unsaturated/α-hetero) is 1. The van der Waals surface area contributed by atoms with Crippen molar-refractivity contribution in [2.45, 2.75) is 13.0 Å². The van der Waals surface area contributed by atoms with Crippen LogP contribution in [-0.4, -0.2) is 23.6 Å². The number of nitrogens with zero attached hydrogens (tertiary/aromatic N) is 1. The quantitative estimate of drug-likeness (QED) is 0.347. The summed E-state index contributed by atoms with van der Waals surface area (Å²) in [6.45, 7) is 1.95. The van der Waals surface area contributed by atoms with Gasteiger partial charge in [-0.05, 0) is 42.3 Å². The highest BCUT2D eigenvalue weighted by Gasteiger charge is 2.47. The standard InChI is InChI=1S/C25H18ClNO5/c1-14-7-9-17(12-18(14)26)27-22(16-8-10-19-20(11-16)32-13-31-19)21(24(29)25(27)30)23(28)15-5-3-2-4-6-15/h2-12,22,28H,13H2,1H3/t22-/m0/s1. The van der Waals surface area contributed by atoms with Crippen molar-refractivity contribution < 1.29 is 24.2 Å². The second-order valence-corrected chi connectivity index (χ2v) is 7.99. The highest BCUT2D eigenvalue weighted by molar-refractivity contribution is 6.51. The molecule has 2 aliphatic heterocycles. The number of aliphatic hydroxyl groups excluding tert-OH is 1. The summed E-state index contributed by atoms with van der Waals surface area (Å²) in [5, 5.41) is 11.6. The molecule has 160 valence electrons. The van der Waals surface area contributed by atoms with Crippen molar-refractivity contribution in [2.75, 3.05) is 11.7 Å². The third kappa shape index (κ3) is 3.20. The highest BCUT2D eigenvalue weighted by Crippen LogP contribution is 2.45. The number of aryl methyl sites for hydroxylation is 1. The van der Waals surface area contributed by atoms with Gasteiger partial charge >= 0.3 is 0 Å². The lowest BCUT2D eigenvalue weighted by molar-refractivity contribution is -0.132. The Kier molecular flexibility index (Phi) is 4.87. The molecule has 0 bridgehead atoms. The first-order chi connectivity index (χ1) is 15.5. The summed E-state index contributed by atoms with van der Waals surface area (Å²) in [7, 11) is 0. The van der Waals surface area contributed by atoms with Crippen molar-refractivity contribution in [3.05, 3.63) is 94.0 Å². The van der Waals surface area contributed by atoms with Crippen molar-refractivity contribution in [2.24, 2.45) is 0 Å². The van der Waals surface area contributed by atoms with E-state index in [-0.39, 0.29) is 18.1 Å². The Labute approximate surface area is 189 Å². The summed E-state index contributed by atoms with van der Waals surface area (Å²) in [6, 6.07) is 18.2. The Bertz CT molecular complexity index is 1280. The summed E-state index contributed by atoms with van der Waals surface area (Å²) < 4.78 is 10.9. The molecule has 1 amide bonds. The zero-order chi connectivity index (χ0) is 22.4. The Hall–Kier alpha value is -3.77. The lowest BCUT2D eigenvalue weighted by Crippen LogP contribution is -2.29. The molecule has 0 aromatic heterocycles. The fourth-order valence-electron chi connectivity index (χ4n) is 3.98. The molecule has 32 heavy (non-hydrogen) atoms. The fourth-order valence-corrected chi connectivity index (χ4v) is 4.16. The van der Waals surface area contributed by atoms with Gasteiger partial charge in [-0.2, -0.15) is 0 Å². The number of carbonyl (C=O) groups is 2. The number of carbonyl (C=O) groups excluding carboxylic acids is 2. The van der Waals surface area contributed by atoms with E-state index < -0.39 is 17.7 Å². The molecule has 0 aliphatic carbocycles. The van der Waals surface area contributed by atoms with Crippen molar-refractivity contribution in [3.63, 3.8) is 0 Å². The largest absolute Gasteiger partial charge is 0.507 e. The zero-order valence-electron chi connectivity index (χ0n) is 17.0.